The standard InChI is InChI=1S/C24H36N4O4/c1-15(2)23-26-24(32-27-23)28-11-9-18(10-12-28)6-5-13-31-20-8-7-19(22(25)30)17(4)21(20)16(3)14-29/h7-8,15-16,18,29H,5-6,9-14H2,1-4H3,(H2,25,30)/t16-/m0/s1. The quantitative estimate of drug-likeness (QED) is 0.536. The molecule has 0 unspecified atom stereocenters. The zero-order valence-electron chi connectivity index (χ0n) is 19.6. The molecule has 2 heterocycles. The summed E-state index contributed by atoms with van der Waals surface area (Å²) in [6, 6.07) is 4.14. The van der Waals surface area contributed by atoms with Crippen LogP contribution in [0.1, 0.15) is 85.6 Å². The summed E-state index contributed by atoms with van der Waals surface area (Å²) in [5.41, 5.74) is 7.60. The van der Waals surface area contributed by atoms with E-state index in [0.717, 1.165) is 61.5 Å². The number of primary amides is 1. The number of aliphatic hydroxyl groups excluding tert-OH is 1. The van der Waals surface area contributed by atoms with Crippen molar-refractivity contribution in [1.29, 1.82) is 0 Å². The molecule has 1 aliphatic heterocycles. The lowest BCUT2D eigenvalue weighted by molar-refractivity contribution is 0.0999. The average Bonchev–Trinajstić information content (AvgIpc) is 3.27. The molecule has 0 aliphatic carbocycles. The van der Waals surface area contributed by atoms with E-state index in [1.807, 2.05) is 13.8 Å². The van der Waals surface area contributed by atoms with Crippen molar-refractivity contribution < 1.29 is 19.2 Å². The van der Waals surface area contributed by atoms with E-state index in [4.69, 9.17) is 15.0 Å². The largest absolute Gasteiger partial charge is 0.493 e. The van der Waals surface area contributed by atoms with E-state index in [-0.39, 0.29) is 18.4 Å². The number of amides is 1. The minimum absolute atomic E-state index is 0.0172. The van der Waals surface area contributed by atoms with Crippen LogP contribution in [0.5, 0.6) is 5.75 Å². The highest BCUT2D eigenvalue weighted by atomic mass is 16.5. The van der Waals surface area contributed by atoms with E-state index in [1.165, 1.54) is 0 Å². The molecule has 1 amide bonds. The number of ether oxygens (including phenoxy) is 1. The molecule has 32 heavy (non-hydrogen) atoms. The van der Waals surface area contributed by atoms with Crippen molar-refractivity contribution in [1.82, 2.24) is 10.1 Å². The first-order valence-corrected chi connectivity index (χ1v) is 11.6. The van der Waals surface area contributed by atoms with Gasteiger partial charge in [-0.1, -0.05) is 25.9 Å². The summed E-state index contributed by atoms with van der Waals surface area (Å²) in [6.45, 7) is 10.3. The van der Waals surface area contributed by atoms with E-state index in [1.54, 1.807) is 12.1 Å². The maximum Gasteiger partial charge on any atom is 0.324 e. The maximum absolute atomic E-state index is 11.7. The van der Waals surface area contributed by atoms with Crippen LogP contribution >= 0.6 is 0 Å². The highest BCUT2D eigenvalue weighted by molar-refractivity contribution is 5.95. The van der Waals surface area contributed by atoms with E-state index >= 15 is 0 Å². The molecule has 1 fully saturated rings. The normalized spacial score (nSPS) is 15.9. The van der Waals surface area contributed by atoms with Crippen LogP contribution in [0.25, 0.3) is 0 Å². The van der Waals surface area contributed by atoms with E-state index in [9.17, 15) is 9.90 Å². The van der Waals surface area contributed by atoms with Crippen molar-refractivity contribution in [3.8, 4) is 5.75 Å². The number of hydrogen-bond donors (Lipinski definition) is 2. The Morgan fingerprint density at radius 3 is 2.62 bits per heavy atom. The van der Waals surface area contributed by atoms with Crippen LogP contribution in [0.15, 0.2) is 16.7 Å². The van der Waals surface area contributed by atoms with Crippen molar-refractivity contribution in [2.45, 2.75) is 65.2 Å². The summed E-state index contributed by atoms with van der Waals surface area (Å²) in [7, 11) is 0. The molecular formula is C24H36N4O4. The average molecular weight is 445 g/mol. The Bertz CT molecular complexity index is 903. The molecule has 1 saturated heterocycles. The number of nitrogens with two attached hydrogens (primary N) is 1. The Balaban J connectivity index is 1.48. The fourth-order valence-electron chi connectivity index (χ4n) is 4.36. The predicted molar refractivity (Wildman–Crippen MR) is 123 cm³/mol. The predicted octanol–water partition coefficient (Wildman–Crippen LogP) is 3.77. The van der Waals surface area contributed by atoms with Gasteiger partial charge in [0.1, 0.15) is 5.75 Å². The van der Waals surface area contributed by atoms with Crippen molar-refractivity contribution >= 4 is 11.9 Å². The number of hydrogen-bond acceptors (Lipinski definition) is 7. The summed E-state index contributed by atoms with van der Waals surface area (Å²) >= 11 is 0. The lowest BCUT2D eigenvalue weighted by Crippen LogP contribution is -2.34. The molecule has 3 rings (SSSR count). The van der Waals surface area contributed by atoms with Gasteiger partial charge >= 0.3 is 6.01 Å². The molecule has 8 nitrogen and oxygen atoms in total. The van der Waals surface area contributed by atoms with Crippen molar-refractivity contribution in [2.24, 2.45) is 11.7 Å². The molecule has 3 N–H and O–H groups in total. The molecule has 1 aliphatic rings. The highest BCUT2D eigenvalue weighted by Gasteiger charge is 2.24. The van der Waals surface area contributed by atoms with Gasteiger partial charge in [0.2, 0.25) is 5.91 Å². The number of rotatable bonds is 10. The number of aromatic nitrogens is 2. The molecular weight excluding hydrogens is 408 g/mol. The molecule has 0 radical (unpaired) electrons. The number of benzene rings is 1. The van der Waals surface area contributed by atoms with Gasteiger partial charge in [0, 0.05) is 42.7 Å². The van der Waals surface area contributed by atoms with Gasteiger partial charge in [-0.2, -0.15) is 4.98 Å². The van der Waals surface area contributed by atoms with E-state index in [0.29, 0.717) is 24.1 Å². The van der Waals surface area contributed by atoms with Crippen LogP contribution in [-0.2, 0) is 0 Å². The molecule has 176 valence electrons. The second-order valence-electron chi connectivity index (χ2n) is 9.11. The molecule has 0 spiro atoms. The summed E-state index contributed by atoms with van der Waals surface area (Å²) in [5.74, 6) is 1.80. The zero-order valence-corrected chi connectivity index (χ0v) is 19.6. The molecule has 8 heteroatoms. The third-order valence-corrected chi connectivity index (χ3v) is 6.35. The lowest BCUT2D eigenvalue weighted by Gasteiger charge is -2.30. The SMILES string of the molecule is Cc1c(C(N)=O)ccc(OCCCC2CCN(c3nc(C(C)C)no3)CC2)c1[C@@H](C)CO. The van der Waals surface area contributed by atoms with Gasteiger partial charge in [-0.3, -0.25) is 4.79 Å². The Kier molecular flexibility index (Phi) is 8.12. The van der Waals surface area contributed by atoms with Gasteiger partial charge in [-0.05, 0) is 56.2 Å². The van der Waals surface area contributed by atoms with Gasteiger partial charge in [-0.25, -0.2) is 0 Å². The Morgan fingerprint density at radius 2 is 2.03 bits per heavy atom. The summed E-state index contributed by atoms with van der Waals surface area (Å²) in [5, 5.41) is 13.7. The molecule has 1 atom stereocenters. The van der Waals surface area contributed by atoms with Gasteiger partial charge in [0.15, 0.2) is 5.82 Å². The molecule has 1 aromatic carbocycles. The van der Waals surface area contributed by atoms with Gasteiger partial charge < -0.3 is 25.0 Å². The molecule has 0 bridgehead atoms. The second-order valence-corrected chi connectivity index (χ2v) is 9.11. The fourth-order valence-corrected chi connectivity index (χ4v) is 4.36. The number of nitrogens with zero attached hydrogens (tertiary/aromatic N) is 3. The van der Waals surface area contributed by atoms with Crippen LogP contribution in [-0.4, -0.2) is 47.5 Å². The Hall–Kier alpha value is -2.61. The highest BCUT2D eigenvalue weighted by Crippen LogP contribution is 2.32. The summed E-state index contributed by atoms with van der Waals surface area (Å²) in [6.07, 6.45) is 4.24. The summed E-state index contributed by atoms with van der Waals surface area (Å²) in [4.78, 5) is 18.4. The van der Waals surface area contributed by atoms with E-state index in [2.05, 4.69) is 28.9 Å². The molecule has 1 aromatic heterocycles. The van der Waals surface area contributed by atoms with Crippen LogP contribution in [0.3, 0.4) is 0 Å². The second kappa shape index (κ2) is 10.8. The summed E-state index contributed by atoms with van der Waals surface area (Å²) < 4.78 is 11.5. The zero-order chi connectivity index (χ0) is 23.3. The van der Waals surface area contributed by atoms with Crippen LogP contribution in [0, 0.1) is 12.8 Å². The Morgan fingerprint density at radius 1 is 1.31 bits per heavy atom. The first-order valence-electron chi connectivity index (χ1n) is 11.6. The van der Waals surface area contributed by atoms with Crippen molar-refractivity contribution in [2.75, 3.05) is 31.2 Å². The minimum atomic E-state index is -0.465. The number of carbonyl (C=O) groups excluding carboxylic acids is 1. The number of piperidine rings is 1. The van der Waals surface area contributed by atoms with Crippen molar-refractivity contribution in [3.05, 3.63) is 34.6 Å². The topological polar surface area (TPSA) is 115 Å². The fraction of sp³-hybridized carbons (Fsp3) is 0.625. The molecule has 0 saturated carbocycles. The first-order chi connectivity index (χ1) is 15.3. The first kappa shape index (κ1) is 24.0. The third-order valence-electron chi connectivity index (χ3n) is 6.35. The number of carbonyl (C=O) groups is 1. The van der Waals surface area contributed by atoms with Crippen LogP contribution < -0.4 is 15.4 Å². The minimum Gasteiger partial charge on any atom is -0.493 e. The van der Waals surface area contributed by atoms with Gasteiger partial charge in [0.05, 0.1) is 6.61 Å². The third kappa shape index (κ3) is 5.59. The smallest absolute Gasteiger partial charge is 0.324 e. The van der Waals surface area contributed by atoms with Crippen LogP contribution in [0.2, 0.25) is 0 Å². The maximum atomic E-state index is 11.7. The Labute approximate surface area is 190 Å². The number of aliphatic hydroxyl groups is 1. The lowest BCUT2D eigenvalue weighted by atomic mass is 9.92. The van der Waals surface area contributed by atoms with Crippen molar-refractivity contribution in [3.63, 3.8) is 0 Å². The number of anilines is 1. The van der Waals surface area contributed by atoms with Gasteiger partial charge in [0.25, 0.3) is 0 Å². The molecule has 2 aromatic rings. The van der Waals surface area contributed by atoms with Gasteiger partial charge in [-0.15, -0.1) is 0 Å². The van der Waals surface area contributed by atoms with E-state index < -0.39 is 5.91 Å². The monoisotopic (exact) mass is 444 g/mol. The van der Waals surface area contributed by atoms with Crippen LogP contribution in [0.4, 0.5) is 6.01 Å².